The van der Waals surface area contributed by atoms with Crippen LogP contribution in [-0.2, 0) is 9.59 Å². The van der Waals surface area contributed by atoms with Crippen LogP contribution >= 0.6 is 11.8 Å². The summed E-state index contributed by atoms with van der Waals surface area (Å²) in [6.07, 6.45) is -0.612. The van der Waals surface area contributed by atoms with Crippen LogP contribution in [0.5, 0.6) is 0 Å². The Morgan fingerprint density at radius 2 is 1.74 bits per heavy atom. The van der Waals surface area contributed by atoms with Gasteiger partial charge in [-0.15, -0.1) is 11.8 Å². The van der Waals surface area contributed by atoms with Crippen LogP contribution in [0.1, 0.15) is 54.4 Å². The highest BCUT2D eigenvalue weighted by Gasteiger charge is 2.55. The van der Waals surface area contributed by atoms with Gasteiger partial charge in [0.05, 0.1) is 24.1 Å². The van der Waals surface area contributed by atoms with Gasteiger partial charge in [-0.2, -0.15) is 0 Å². The maximum absolute atomic E-state index is 12.0. The molecule has 0 saturated carbocycles. The average Bonchev–Trinajstić information content (AvgIpc) is 2.32. The maximum Gasteiger partial charge on any atom is 0.305 e. The van der Waals surface area contributed by atoms with Crippen LogP contribution in [0.3, 0.4) is 0 Å². The predicted molar refractivity (Wildman–Crippen MR) is 92.3 cm³/mol. The van der Waals surface area contributed by atoms with Gasteiger partial charge in [-0.25, -0.2) is 0 Å². The number of carboxylic acids is 1. The summed E-state index contributed by atoms with van der Waals surface area (Å²) in [5.74, 6) is -1.36. The number of nitrogens with one attached hydrogen (secondary N) is 1. The van der Waals surface area contributed by atoms with E-state index >= 15 is 0 Å². The van der Waals surface area contributed by atoms with Crippen molar-refractivity contribution in [1.82, 2.24) is 5.32 Å². The van der Waals surface area contributed by atoms with Crippen molar-refractivity contribution < 1.29 is 19.8 Å². The first kappa shape index (κ1) is 20.3. The molecule has 1 heterocycles. The Kier molecular flexibility index (Phi) is 5.82. The summed E-state index contributed by atoms with van der Waals surface area (Å²) >= 11 is 1.89. The van der Waals surface area contributed by atoms with Crippen LogP contribution in [-0.4, -0.2) is 49.3 Å². The van der Waals surface area contributed by atoms with Gasteiger partial charge < -0.3 is 21.3 Å². The van der Waals surface area contributed by atoms with E-state index in [1.807, 2.05) is 11.8 Å². The van der Waals surface area contributed by atoms with Crippen molar-refractivity contribution in [3.8, 4) is 0 Å². The number of hydrogen-bond acceptors (Lipinski definition) is 5. The van der Waals surface area contributed by atoms with Crippen LogP contribution in [0.2, 0.25) is 0 Å². The molecular formula is C16H30N2O4S. The summed E-state index contributed by atoms with van der Waals surface area (Å²) in [6.45, 7) is 12.1. The number of thioether (sulfide) groups is 1. The van der Waals surface area contributed by atoms with E-state index in [1.165, 1.54) is 0 Å². The zero-order valence-corrected chi connectivity index (χ0v) is 15.7. The third kappa shape index (κ3) is 4.84. The molecule has 0 aromatic carbocycles. The van der Waals surface area contributed by atoms with Crippen LogP contribution in [0.15, 0.2) is 0 Å². The largest absolute Gasteiger partial charge is 0.481 e. The molecule has 0 spiro atoms. The van der Waals surface area contributed by atoms with E-state index in [0.29, 0.717) is 12.3 Å². The number of carbonyl (C=O) groups excluding carboxylic acids is 1. The van der Waals surface area contributed by atoms with Gasteiger partial charge in [0.25, 0.3) is 0 Å². The number of amides is 1. The van der Waals surface area contributed by atoms with Gasteiger partial charge in [0.15, 0.2) is 0 Å². The monoisotopic (exact) mass is 346 g/mol. The van der Waals surface area contributed by atoms with E-state index in [9.17, 15) is 14.7 Å². The normalized spacial score (nSPS) is 22.8. The third-order valence-electron chi connectivity index (χ3n) is 4.67. The summed E-state index contributed by atoms with van der Waals surface area (Å²) in [7, 11) is 0. The fourth-order valence-electron chi connectivity index (χ4n) is 3.46. The quantitative estimate of drug-likeness (QED) is 0.553. The first-order valence-corrected chi connectivity index (χ1v) is 8.68. The Morgan fingerprint density at radius 1 is 1.26 bits per heavy atom. The van der Waals surface area contributed by atoms with Crippen molar-refractivity contribution in [3.05, 3.63) is 0 Å². The smallest absolute Gasteiger partial charge is 0.305 e. The Labute approximate surface area is 142 Å². The minimum absolute atomic E-state index is 0.0876. The second-order valence-electron chi connectivity index (χ2n) is 8.03. The molecule has 1 unspecified atom stereocenters. The highest BCUT2D eigenvalue weighted by Crippen LogP contribution is 2.60. The van der Waals surface area contributed by atoms with Gasteiger partial charge in [0.2, 0.25) is 5.91 Å². The SMILES string of the molecule is CC(C)(NC(=O)[C@@H](N)CC(=O)O)C(O)CC1C(C)(C)SC1(C)C. The molecule has 0 aromatic rings. The molecular weight excluding hydrogens is 316 g/mol. The van der Waals surface area contributed by atoms with Gasteiger partial charge in [0, 0.05) is 9.49 Å². The van der Waals surface area contributed by atoms with Crippen LogP contribution < -0.4 is 11.1 Å². The first-order valence-electron chi connectivity index (χ1n) is 7.86. The molecule has 0 aliphatic carbocycles. The first-order chi connectivity index (χ1) is 10.2. The second kappa shape index (κ2) is 6.61. The molecule has 2 atom stereocenters. The molecule has 0 radical (unpaired) electrons. The summed E-state index contributed by atoms with van der Waals surface area (Å²) in [6, 6.07) is -1.12. The summed E-state index contributed by atoms with van der Waals surface area (Å²) in [5, 5.41) is 22.0. The number of carboxylic acid groups (broad SMARTS) is 1. The van der Waals surface area contributed by atoms with Crippen LogP contribution in [0.4, 0.5) is 0 Å². The van der Waals surface area contributed by atoms with Crippen LogP contribution in [0.25, 0.3) is 0 Å². The molecule has 1 aliphatic rings. The van der Waals surface area contributed by atoms with Crippen molar-refractivity contribution in [2.45, 2.75) is 81.6 Å². The van der Waals surface area contributed by atoms with Gasteiger partial charge >= 0.3 is 5.97 Å². The lowest BCUT2D eigenvalue weighted by molar-refractivity contribution is -0.140. The molecule has 5 N–H and O–H groups in total. The molecule has 7 heteroatoms. The molecule has 1 rings (SSSR count). The zero-order chi connectivity index (χ0) is 18.2. The molecule has 1 saturated heterocycles. The van der Waals surface area contributed by atoms with Crippen LogP contribution in [0, 0.1) is 5.92 Å². The Morgan fingerprint density at radius 3 is 2.13 bits per heavy atom. The number of aliphatic carboxylic acids is 1. The van der Waals surface area contributed by atoms with E-state index in [-0.39, 0.29) is 9.49 Å². The number of aliphatic hydroxyl groups is 1. The van der Waals surface area contributed by atoms with E-state index in [0.717, 1.165) is 0 Å². The topological polar surface area (TPSA) is 113 Å². The number of hydrogen-bond donors (Lipinski definition) is 4. The number of aliphatic hydroxyl groups excluding tert-OH is 1. The van der Waals surface area contributed by atoms with Crippen molar-refractivity contribution in [1.29, 1.82) is 0 Å². The van der Waals surface area contributed by atoms with Crippen molar-refractivity contribution >= 4 is 23.6 Å². The molecule has 1 fully saturated rings. The fraction of sp³-hybridized carbons (Fsp3) is 0.875. The standard InChI is InChI=1S/C16H30N2O4S/c1-14(2,18-13(22)9(17)7-12(20)21)11(19)8-10-15(3,4)23-16(10,5)6/h9-11,19H,7-8,17H2,1-6H3,(H,18,22)(H,20,21)/t9-,11?/m0/s1. The van der Waals surface area contributed by atoms with Gasteiger partial charge in [-0.05, 0) is 26.2 Å². The molecule has 1 amide bonds. The highest BCUT2D eigenvalue weighted by atomic mass is 32.2. The minimum atomic E-state index is -1.12. The lowest BCUT2D eigenvalue weighted by atomic mass is 9.75. The van der Waals surface area contributed by atoms with Gasteiger partial charge in [0.1, 0.15) is 0 Å². The molecule has 23 heavy (non-hydrogen) atoms. The van der Waals surface area contributed by atoms with Gasteiger partial charge in [-0.3, -0.25) is 9.59 Å². The number of nitrogens with two attached hydrogens (primary N) is 1. The predicted octanol–water partition coefficient (Wildman–Crippen LogP) is 1.35. The van der Waals surface area contributed by atoms with Crippen molar-refractivity contribution in [3.63, 3.8) is 0 Å². The van der Waals surface area contributed by atoms with Crippen molar-refractivity contribution in [2.24, 2.45) is 11.7 Å². The van der Waals surface area contributed by atoms with Gasteiger partial charge in [-0.1, -0.05) is 27.7 Å². The number of rotatable bonds is 7. The van der Waals surface area contributed by atoms with E-state index in [4.69, 9.17) is 10.8 Å². The average molecular weight is 346 g/mol. The van der Waals surface area contributed by atoms with E-state index in [2.05, 4.69) is 33.0 Å². The van der Waals surface area contributed by atoms with Crippen molar-refractivity contribution in [2.75, 3.05) is 0 Å². The van der Waals surface area contributed by atoms with E-state index < -0.39 is 36.0 Å². The Bertz CT molecular complexity index is 463. The summed E-state index contributed by atoms with van der Waals surface area (Å²) in [4.78, 5) is 22.6. The molecule has 134 valence electrons. The zero-order valence-electron chi connectivity index (χ0n) is 14.8. The lowest BCUT2D eigenvalue weighted by Gasteiger charge is -2.58. The third-order valence-corrected chi connectivity index (χ3v) is 6.29. The summed E-state index contributed by atoms with van der Waals surface area (Å²) < 4.78 is 0.175. The van der Waals surface area contributed by atoms with E-state index in [1.54, 1.807) is 13.8 Å². The molecule has 0 aromatic heterocycles. The molecule has 6 nitrogen and oxygen atoms in total. The number of carbonyl (C=O) groups is 2. The fourth-order valence-corrected chi connectivity index (χ4v) is 5.70. The highest BCUT2D eigenvalue weighted by molar-refractivity contribution is 8.03. The second-order valence-corrected chi connectivity index (χ2v) is 10.3. The Hall–Kier alpha value is -0.790. The lowest BCUT2D eigenvalue weighted by Crippen LogP contribution is -2.60. The maximum atomic E-state index is 12.0. The Balaban J connectivity index is 2.68. The molecule has 0 bridgehead atoms. The summed E-state index contributed by atoms with van der Waals surface area (Å²) in [5.41, 5.74) is 4.70. The molecule has 1 aliphatic heterocycles. The minimum Gasteiger partial charge on any atom is -0.481 e.